The lowest BCUT2D eigenvalue weighted by Crippen LogP contribution is -2.47. The van der Waals surface area contributed by atoms with E-state index in [2.05, 4.69) is 26.0 Å². The fourth-order valence-corrected chi connectivity index (χ4v) is 12.0. The maximum absolute atomic E-state index is 13.9. The molecular weight excluding hydrogens is 1020 g/mol. The highest BCUT2D eigenvalue weighted by Crippen LogP contribution is 2.42. The zero-order chi connectivity index (χ0) is 55.1. The molecule has 0 spiro atoms. The summed E-state index contributed by atoms with van der Waals surface area (Å²) in [7, 11) is -10.8. The van der Waals surface area contributed by atoms with Crippen LogP contribution in [-0.2, 0) is 46.0 Å². The molecule has 0 saturated heterocycles. The van der Waals surface area contributed by atoms with Gasteiger partial charge in [-0.15, -0.1) is 0 Å². The van der Waals surface area contributed by atoms with Crippen LogP contribution in [0.4, 0.5) is 0 Å². The largest absolute Gasteiger partial charge is 0.497 e. The highest BCUT2D eigenvalue weighted by Gasteiger charge is 2.41. The minimum absolute atomic E-state index is 0.0384. The van der Waals surface area contributed by atoms with Crippen molar-refractivity contribution in [1.82, 2.24) is 0 Å². The fraction of sp³-hybridized carbons (Fsp3) is 0.226. The van der Waals surface area contributed by atoms with Crippen LogP contribution in [0.1, 0.15) is 88.8 Å². The highest BCUT2D eigenvalue weighted by molar-refractivity contribution is 7.91. The Hall–Kier alpha value is -7.23. The van der Waals surface area contributed by atoms with Crippen LogP contribution < -0.4 is 18.9 Å². The number of rotatable bonds is 18. The van der Waals surface area contributed by atoms with E-state index < -0.39 is 51.1 Å². The molecule has 76 heavy (non-hydrogen) atoms. The van der Waals surface area contributed by atoms with Gasteiger partial charge < -0.3 is 18.9 Å². The van der Waals surface area contributed by atoms with E-state index in [1.54, 1.807) is 61.7 Å². The smallest absolute Gasteiger partial charge is 0.298 e. The SMILES string of the molecule is COc1ccc(C(C)(C)c2ccc(Oc3ccc(S(=O)(=O)c4ccc(C(C)(C)C(C)(C)Oc5ccc(C(C)(C)c6ccc(Oc7ccc(S(=O)(=O)c8ccc(C)cc8)cc7)c(S(=O)(=O)O)c6)cc5)cc4)cc3)cc2)cc1. The normalized spacial score (nSPS) is 12.7. The van der Waals surface area contributed by atoms with Crippen LogP contribution in [0.15, 0.2) is 213 Å². The van der Waals surface area contributed by atoms with Crippen molar-refractivity contribution in [2.24, 2.45) is 0 Å². The molecule has 0 unspecified atom stereocenters. The minimum atomic E-state index is -4.77. The lowest BCUT2D eigenvalue weighted by Gasteiger charge is -2.42. The summed E-state index contributed by atoms with van der Waals surface area (Å²) in [4.78, 5) is 0.0157. The first-order chi connectivity index (χ1) is 35.6. The van der Waals surface area contributed by atoms with Crippen molar-refractivity contribution in [3.8, 4) is 34.5 Å². The number of methoxy groups -OCH3 is 1. The van der Waals surface area contributed by atoms with Crippen molar-refractivity contribution in [2.75, 3.05) is 7.11 Å². The standard InChI is InChI=1S/C62H62O11S3/c1-42-11-32-53(33-12-42)74(63,64)56-38-30-51(31-39-56)72-57-40-21-47(41-58(57)76(67,68)69)60(4,5)45-17-26-52(27-18-45)73-62(8,9)61(6,7)46-19-34-54(35-20-46)75(65,66)55-36-28-50(29-37-55)71-49-24-15-44(16-25-49)59(2,3)43-13-22-48(70-10)23-14-43/h11-41H,1-10H3,(H,67,68,69). The number of hydrogen-bond donors (Lipinski definition) is 1. The average Bonchev–Trinajstić information content (AvgIpc) is 3.39. The van der Waals surface area contributed by atoms with Crippen LogP contribution in [-0.4, -0.2) is 42.5 Å². The first-order valence-corrected chi connectivity index (χ1v) is 28.9. The van der Waals surface area contributed by atoms with Crippen LogP contribution in [0, 0.1) is 6.92 Å². The number of ether oxygens (including phenoxy) is 4. The summed E-state index contributed by atoms with van der Waals surface area (Å²) in [5.74, 6) is 2.54. The van der Waals surface area contributed by atoms with Gasteiger partial charge in [-0.2, -0.15) is 8.42 Å². The Bertz CT molecular complexity index is 3700. The number of hydrogen-bond acceptors (Lipinski definition) is 10. The van der Waals surface area contributed by atoms with E-state index in [1.165, 1.54) is 48.5 Å². The lowest BCUT2D eigenvalue weighted by atomic mass is 9.72. The van der Waals surface area contributed by atoms with E-state index in [4.69, 9.17) is 18.9 Å². The Kier molecular flexibility index (Phi) is 15.0. The highest BCUT2D eigenvalue weighted by atomic mass is 32.2. The molecule has 0 amide bonds. The van der Waals surface area contributed by atoms with Gasteiger partial charge in [-0.3, -0.25) is 4.55 Å². The Morgan fingerprint density at radius 3 is 1.13 bits per heavy atom. The summed E-state index contributed by atoms with van der Waals surface area (Å²) in [6, 6.07) is 53.3. The van der Waals surface area contributed by atoms with Crippen molar-refractivity contribution in [1.29, 1.82) is 0 Å². The van der Waals surface area contributed by atoms with Gasteiger partial charge in [0.1, 0.15) is 45.0 Å². The van der Waals surface area contributed by atoms with E-state index in [0.717, 1.165) is 33.6 Å². The topological polar surface area (TPSA) is 160 Å². The Morgan fingerprint density at radius 2 is 0.711 bits per heavy atom. The van der Waals surface area contributed by atoms with Crippen LogP contribution in [0.5, 0.6) is 34.5 Å². The molecule has 0 atom stereocenters. The molecule has 8 aromatic carbocycles. The summed E-state index contributed by atoms with van der Waals surface area (Å²) in [5.41, 5.74) is 3.00. The van der Waals surface area contributed by atoms with Crippen molar-refractivity contribution in [3.05, 3.63) is 221 Å². The first-order valence-electron chi connectivity index (χ1n) is 24.5. The van der Waals surface area contributed by atoms with E-state index in [9.17, 15) is 29.8 Å². The molecular formula is C62H62O11S3. The van der Waals surface area contributed by atoms with Gasteiger partial charge in [0, 0.05) is 16.2 Å². The zero-order valence-electron chi connectivity index (χ0n) is 44.2. The molecule has 0 radical (unpaired) electrons. The second-order valence-electron chi connectivity index (χ2n) is 20.9. The maximum Gasteiger partial charge on any atom is 0.298 e. The van der Waals surface area contributed by atoms with Gasteiger partial charge >= 0.3 is 0 Å². The van der Waals surface area contributed by atoms with Crippen molar-refractivity contribution < 1.29 is 48.8 Å². The summed E-state index contributed by atoms with van der Waals surface area (Å²) >= 11 is 0. The van der Waals surface area contributed by atoms with Crippen molar-refractivity contribution in [3.63, 3.8) is 0 Å². The third-order valence-corrected chi connectivity index (χ3v) is 19.2. The predicted octanol–water partition coefficient (Wildman–Crippen LogP) is 14.3. The molecule has 394 valence electrons. The fourth-order valence-electron chi connectivity index (χ4n) is 8.85. The molecule has 1 N–H and O–H groups in total. The van der Waals surface area contributed by atoms with Crippen LogP contribution in [0.2, 0.25) is 0 Å². The van der Waals surface area contributed by atoms with Gasteiger partial charge in [-0.1, -0.05) is 114 Å². The molecule has 8 rings (SSSR count). The molecule has 14 heteroatoms. The van der Waals surface area contributed by atoms with Crippen molar-refractivity contribution in [2.45, 2.75) is 109 Å². The van der Waals surface area contributed by atoms with Crippen LogP contribution in [0.25, 0.3) is 0 Å². The van der Waals surface area contributed by atoms with Gasteiger partial charge in [0.2, 0.25) is 19.7 Å². The second kappa shape index (κ2) is 20.7. The van der Waals surface area contributed by atoms with Gasteiger partial charge in [0.15, 0.2) is 0 Å². The third-order valence-electron chi connectivity index (χ3n) is 14.7. The summed E-state index contributed by atoms with van der Waals surface area (Å²) in [6.45, 7) is 18.0. The molecule has 0 aliphatic carbocycles. The van der Waals surface area contributed by atoms with Crippen LogP contribution >= 0.6 is 0 Å². The molecule has 0 aromatic heterocycles. The monoisotopic (exact) mass is 1080 g/mol. The van der Waals surface area contributed by atoms with Gasteiger partial charge in [0.25, 0.3) is 10.1 Å². The Morgan fingerprint density at radius 1 is 0.382 bits per heavy atom. The average molecular weight is 1080 g/mol. The molecule has 0 aliphatic heterocycles. The maximum atomic E-state index is 13.9. The number of benzene rings is 8. The van der Waals surface area contributed by atoms with Crippen molar-refractivity contribution >= 4 is 29.8 Å². The Labute approximate surface area is 447 Å². The van der Waals surface area contributed by atoms with Gasteiger partial charge in [0.05, 0.1) is 26.7 Å². The molecule has 0 aliphatic rings. The Balaban J connectivity index is 0.908. The molecule has 0 heterocycles. The number of sulfone groups is 2. The molecule has 0 fully saturated rings. The summed E-state index contributed by atoms with van der Waals surface area (Å²) < 4.78 is 114. The first kappa shape index (κ1) is 55.0. The molecule has 8 aromatic rings. The van der Waals surface area contributed by atoms with E-state index in [1.807, 2.05) is 121 Å². The van der Waals surface area contributed by atoms with Gasteiger partial charge in [-0.25, -0.2) is 16.8 Å². The molecule has 0 saturated carbocycles. The zero-order valence-corrected chi connectivity index (χ0v) is 46.6. The number of aryl methyl sites for hydroxylation is 1. The third kappa shape index (κ3) is 11.3. The molecule has 11 nitrogen and oxygen atoms in total. The summed E-state index contributed by atoms with van der Waals surface area (Å²) in [6.07, 6.45) is 0. The predicted molar refractivity (Wildman–Crippen MR) is 296 cm³/mol. The summed E-state index contributed by atoms with van der Waals surface area (Å²) in [5, 5.41) is 0. The minimum Gasteiger partial charge on any atom is -0.497 e. The van der Waals surface area contributed by atoms with Crippen LogP contribution in [0.3, 0.4) is 0 Å². The lowest BCUT2D eigenvalue weighted by molar-refractivity contribution is 0.0357. The van der Waals surface area contributed by atoms with E-state index in [-0.39, 0.29) is 36.5 Å². The van der Waals surface area contributed by atoms with E-state index in [0.29, 0.717) is 22.8 Å². The van der Waals surface area contributed by atoms with E-state index >= 15 is 0 Å². The second-order valence-corrected chi connectivity index (χ2v) is 26.2. The molecule has 0 bridgehead atoms. The quantitative estimate of drug-likeness (QED) is 0.0815. The van der Waals surface area contributed by atoms with Gasteiger partial charge in [-0.05, 0) is 170 Å².